The van der Waals surface area contributed by atoms with Crippen LogP contribution in [0.3, 0.4) is 0 Å². The van der Waals surface area contributed by atoms with Crippen molar-refractivity contribution in [3.05, 3.63) is 89.2 Å². The zero-order chi connectivity index (χ0) is 23.8. The maximum absolute atomic E-state index is 5.98. The van der Waals surface area contributed by atoms with Gasteiger partial charge in [-0.2, -0.15) is 0 Å². The lowest BCUT2D eigenvalue weighted by molar-refractivity contribution is 0.613. The highest BCUT2D eigenvalue weighted by Gasteiger charge is 2.12. The highest BCUT2D eigenvalue weighted by atomic mass is 35.5. The van der Waals surface area contributed by atoms with E-state index in [9.17, 15) is 0 Å². The molecule has 0 amide bonds. The van der Waals surface area contributed by atoms with Crippen LogP contribution in [0.1, 0.15) is 29.9 Å². The molecule has 5 aromatic rings. The molecule has 6 nitrogen and oxygen atoms in total. The third kappa shape index (κ3) is 4.32. The van der Waals surface area contributed by atoms with E-state index in [1.165, 1.54) is 0 Å². The van der Waals surface area contributed by atoms with Gasteiger partial charge in [-0.3, -0.25) is 0 Å². The number of nitrogens with one attached hydrogen (secondary N) is 1. The van der Waals surface area contributed by atoms with E-state index >= 15 is 0 Å². The number of pyridine rings is 1. The Bertz CT molecular complexity index is 1510. The molecule has 0 aliphatic heterocycles. The molecule has 34 heavy (non-hydrogen) atoms. The van der Waals surface area contributed by atoms with Crippen LogP contribution in [-0.2, 0) is 0 Å². The summed E-state index contributed by atoms with van der Waals surface area (Å²) >= 11 is 5.98. The summed E-state index contributed by atoms with van der Waals surface area (Å²) in [5.41, 5.74) is 13.3. The van der Waals surface area contributed by atoms with Gasteiger partial charge in [0.15, 0.2) is 5.15 Å². The van der Waals surface area contributed by atoms with Crippen LogP contribution in [0, 0.1) is 13.8 Å². The second kappa shape index (κ2) is 8.80. The zero-order valence-electron chi connectivity index (χ0n) is 19.1. The van der Waals surface area contributed by atoms with Crippen LogP contribution in [0.25, 0.3) is 33.4 Å². The van der Waals surface area contributed by atoms with Crippen molar-refractivity contribution >= 4 is 34.1 Å². The molecular weight excluding hydrogens is 446 g/mol. The highest BCUT2D eigenvalue weighted by molar-refractivity contribution is 6.31. The van der Waals surface area contributed by atoms with Crippen molar-refractivity contribution in [1.29, 1.82) is 0 Å². The van der Waals surface area contributed by atoms with E-state index in [1.54, 1.807) is 12.5 Å². The third-order valence-corrected chi connectivity index (χ3v) is 6.17. The molecule has 0 bridgehead atoms. The van der Waals surface area contributed by atoms with Crippen molar-refractivity contribution in [2.45, 2.75) is 26.8 Å². The molecule has 0 fully saturated rings. The van der Waals surface area contributed by atoms with E-state index in [-0.39, 0.29) is 6.04 Å². The van der Waals surface area contributed by atoms with Gasteiger partial charge in [-0.25, -0.2) is 15.0 Å². The van der Waals surface area contributed by atoms with Crippen LogP contribution >= 0.6 is 11.6 Å². The van der Waals surface area contributed by atoms with Crippen molar-refractivity contribution < 1.29 is 4.42 Å². The van der Waals surface area contributed by atoms with Crippen LogP contribution in [0.15, 0.2) is 71.5 Å². The summed E-state index contributed by atoms with van der Waals surface area (Å²) in [7, 11) is 0. The molecule has 0 radical (unpaired) electrons. The van der Waals surface area contributed by atoms with E-state index in [1.807, 2.05) is 50.2 Å². The van der Waals surface area contributed by atoms with Gasteiger partial charge in [-0.15, -0.1) is 0 Å². The smallest absolute Gasteiger partial charge is 0.151 e. The fourth-order valence-electron chi connectivity index (χ4n) is 4.02. The lowest BCUT2D eigenvalue weighted by atomic mass is 10.0. The van der Waals surface area contributed by atoms with Gasteiger partial charge in [0.05, 0.1) is 17.6 Å². The predicted molar refractivity (Wildman–Crippen MR) is 138 cm³/mol. The van der Waals surface area contributed by atoms with Crippen molar-refractivity contribution in [2.24, 2.45) is 0 Å². The monoisotopic (exact) mass is 469 g/mol. The Morgan fingerprint density at radius 2 is 1.82 bits per heavy atom. The lowest BCUT2D eigenvalue weighted by Gasteiger charge is -2.17. The summed E-state index contributed by atoms with van der Waals surface area (Å²) in [5.74, 6) is 1.47. The van der Waals surface area contributed by atoms with Gasteiger partial charge in [0, 0.05) is 34.8 Å². The average molecular weight is 470 g/mol. The third-order valence-electron chi connectivity index (χ3n) is 5.85. The Labute approximate surface area is 202 Å². The molecule has 0 saturated carbocycles. The van der Waals surface area contributed by atoms with Crippen LogP contribution in [0.5, 0.6) is 0 Å². The first-order valence-electron chi connectivity index (χ1n) is 11.0. The molecule has 170 valence electrons. The minimum absolute atomic E-state index is 0.0123. The number of benzene rings is 2. The summed E-state index contributed by atoms with van der Waals surface area (Å²) in [5, 5.41) is 4.92. The second-order valence-electron chi connectivity index (χ2n) is 8.41. The molecular formula is C27H24ClN5O. The average Bonchev–Trinajstić information content (AvgIpc) is 3.20. The van der Waals surface area contributed by atoms with E-state index in [0.717, 1.165) is 50.3 Å². The minimum atomic E-state index is 0.0123. The van der Waals surface area contributed by atoms with Gasteiger partial charge in [-0.05, 0) is 67.8 Å². The largest absolute Gasteiger partial charge is 0.464 e. The molecule has 3 aromatic heterocycles. The van der Waals surface area contributed by atoms with Gasteiger partial charge in [0.1, 0.15) is 17.2 Å². The topological polar surface area (TPSA) is 89.9 Å². The summed E-state index contributed by atoms with van der Waals surface area (Å²) in [4.78, 5) is 13.4. The van der Waals surface area contributed by atoms with E-state index in [4.69, 9.17) is 21.8 Å². The molecule has 7 heteroatoms. The number of nitrogen functional groups attached to an aromatic ring is 1. The molecule has 0 aliphatic rings. The molecule has 0 saturated heterocycles. The lowest BCUT2D eigenvalue weighted by Crippen LogP contribution is -2.09. The fourth-order valence-corrected chi connectivity index (χ4v) is 4.12. The molecule has 0 spiro atoms. The summed E-state index contributed by atoms with van der Waals surface area (Å²) in [6.45, 7) is 6.04. The van der Waals surface area contributed by atoms with Gasteiger partial charge >= 0.3 is 0 Å². The van der Waals surface area contributed by atoms with Crippen LogP contribution in [0.2, 0.25) is 5.15 Å². The van der Waals surface area contributed by atoms with Crippen molar-refractivity contribution in [3.63, 3.8) is 0 Å². The fraction of sp³-hybridized carbons (Fsp3) is 0.148. The summed E-state index contributed by atoms with van der Waals surface area (Å²) in [6.07, 6.45) is 3.51. The summed E-state index contributed by atoms with van der Waals surface area (Å²) in [6, 6.07) is 18.2. The number of halogens is 1. The van der Waals surface area contributed by atoms with Crippen LogP contribution in [-0.4, -0.2) is 15.0 Å². The van der Waals surface area contributed by atoms with Crippen LogP contribution < -0.4 is 11.1 Å². The Morgan fingerprint density at radius 1 is 0.971 bits per heavy atom. The number of hydrogen-bond donors (Lipinski definition) is 2. The molecule has 5 rings (SSSR count). The zero-order valence-corrected chi connectivity index (χ0v) is 19.9. The number of aryl methyl sites for hydroxylation is 2. The van der Waals surface area contributed by atoms with Gasteiger partial charge in [0.2, 0.25) is 0 Å². The number of nitrogens with zero attached hydrogens (tertiary/aromatic N) is 3. The van der Waals surface area contributed by atoms with Gasteiger partial charge in [0.25, 0.3) is 0 Å². The maximum atomic E-state index is 5.98. The van der Waals surface area contributed by atoms with Gasteiger partial charge < -0.3 is 15.5 Å². The predicted octanol–water partition coefficient (Wildman–Crippen LogP) is 6.98. The minimum Gasteiger partial charge on any atom is -0.464 e. The van der Waals surface area contributed by atoms with E-state index in [0.29, 0.717) is 16.7 Å². The quantitative estimate of drug-likeness (QED) is 0.270. The molecule has 3 N–H and O–H groups in total. The maximum Gasteiger partial charge on any atom is 0.151 e. The Morgan fingerprint density at radius 3 is 2.65 bits per heavy atom. The van der Waals surface area contributed by atoms with Gasteiger partial charge in [-0.1, -0.05) is 29.8 Å². The number of rotatable bonds is 5. The first-order valence-corrected chi connectivity index (χ1v) is 11.4. The molecule has 3 heterocycles. The highest BCUT2D eigenvalue weighted by Crippen LogP contribution is 2.30. The number of anilines is 2. The Hall–Kier alpha value is -3.90. The first-order chi connectivity index (χ1) is 16.4. The standard InChI is InChI=1S/C27H24ClN5O/c1-15-14-34-25-8-7-20(10-22(15)25)24-12-26(33-17(3)32-24)31-16(2)18-5-4-6-19(9-18)21-11-23(29)27(28)30-13-21/h4-14,16H,29H2,1-3H3,(H,31,32,33). The van der Waals surface area contributed by atoms with Crippen molar-refractivity contribution in [1.82, 2.24) is 15.0 Å². The number of hydrogen-bond acceptors (Lipinski definition) is 6. The number of aromatic nitrogens is 3. The Balaban J connectivity index is 1.42. The van der Waals surface area contributed by atoms with Crippen molar-refractivity contribution in [2.75, 3.05) is 11.1 Å². The molecule has 1 atom stereocenters. The number of nitrogens with two attached hydrogens (primary N) is 1. The normalized spacial score (nSPS) is 12.1. The SMILES string of the molecule is Cc1nc(NC(C)c2cccc(-c3cnc(Cl)c(N)c3)c2)cc(-c2ccc3occ(C)c3c2)n1. The summed E-state index contributed by atoms with van der Waals surface area (Å²) < 4.78 is 5.58. The number of furan rings is 1. The first kappa shape index (κ1) is 21.9. The second-order valence-corrected chi connectivity index (χ2v) is 8.77. The molecule has 2 aromatic carbocycles. The molecule has 0 aliphatic carbocycles. The van der Waals surface area contributed by atoms with Crippen molar-refractivity contribution in [3.8, 4) is 22.4 Å². The van der Waals surface area contributed by atoms with E-state index < -0.39 is 0 Å². The molecule has 1 unspecified atom stereocenters. The van der Waals surface area contributed by atoms with E-state index in [2.05, 4.69) is 45.4 Å². The van der Waals surface area contributed by atoms with Crippen LogP contribution in [0.4, 0.5) is 11.5 Å². The number of fused-ring (bicyclic) bond motifs is 1. The Kier molecular flexibility index (Phi) is 5.67.